The molecule has 0 fully saturated rings. The predicted octanol–water partition coefficient (Wildman–Crippen LogP) is 2.65. The summed E-state index contributed by atoms with van der Waals surface area (Å²) < 4.78 is 18.9. The molecule has 0 aliphatic carbocycles. The lowest BCUT2D eigenvalue weighted by Crippen LogP contribution is -2.32. The van der Waals surface area contributed by atoms with Crippen LogP contribution in [-0.4, -0.2) is 31.0 Å². The molecular weight excluding hydrogens is 245 g/mol. The van der Waals surface area contributed by atoms with E-state index in [0.29, 0.717) is 25.3 Å². The van der Waals surface area contributed by atoms with E-state index in [-0.39, 0.29) is 11.9 Å². The van der Waals surface area contributed by atoms with Gasteiger partial charge in [-0.15, -0.1) is 0 Å². The quantitative estimate of drug-likeness (QED) is 0.677. The second-order valence-electron chi connectivity index (χ2n) is 4.73. The SMILES string of the molecule is CCCCOCC(O)CNC(C)c1ccccc1F. The van der Waals surface area contributed by atoms with Gasteiger partial charge < -0.3 is 15.2 Å². The van der Waals surface area contributed by atoms with Gasteiger partial charge in [0.2, 0.25) is 0 Å². The zero-order valence-corrected chi connectivity index (χ0v) is 11.7. The van der Waals surface area contributed by atoms with E-state index in [1.165, 1.54) is 6.07 Å². The van der Waals surface area contributed by atoms with E-state index in [1.54, 1.807) is 18.2 Å². The number of nitrogens with one attached hydrogen (secondary N) is 1. The highest BCUT2D eigenvalue weighted by atomic mass is 19.1. The normalized spacial score (nSPS) is 14.3. The smallest absolute Gasteiger partial charge is 0.127 e. The molecule has 0 aliphatic heterocycles. The van der Waals surface area contributed by atoms with E-state index in [2.05, 4.69) is 12.2 Å². The van der Waals surface area contributed by atoms with Gasteiger partial charge in [0.15, 0.2) is 0 Å². The third-order valence-corrected chi connectivity index (χ3v) is 2.98. The zero-order valence-electron chi connectivity index (χ0n) is 11.7. The van der Waals surface area contributed by atoms with Gasteiger partial charge in [-0.05, 0) is 19.4 Å². The van der Waals surface area contributed by atoms with Crippen molar-refractivity contribution in [2.75, 3.05) is 19.8 Å². The lowest BCUT2D eigenvalue weighted by atomic mass is 10.1. The second-order valence-corrected chi connectivity index (χ2v) is 4.73. The minimum atomic E-state index is -0.564. The molecule has 0 radical (unpaired) electrons. The molecule has 108 valence electrons. The van der Waals surface area contributed by atoms with Crippen LogP contribution >= 0.6 is 0 Å². The highest BCUT2D eigenvalue weighted by Crippen LogP contribution is 2.15. The average Bonchev–Trinajstić information content (AvgIpc) is 2.41. The first-order valence-corrected chi connectivity index (χ1v) is 6.88. The van der Waals surface area contributed by atoms with Crippen LogP contribution in [-0.2, 0) is 4.74 Å². The molecule has 2 atom stereocenters. The van der Waals surface area contributed by atoms with E-state index in [4.69, 9.17) is 4.74 Å². The van der Waals surface area contributed by atoms with Gasteiger partial charge in [0, 0.05) is 24.8 Å². The number of aliphatic hydroxyl groups excluding tert-OH is 1. The molecule has 2 unspecified atom stereocenters. The van der Waals surface area contributed by atoms with Crippen molar-refractivity contribution in [2.24, 2.45) is 0 Å². The van der Waals surface area contributed by atoms with Gasteiger partial charge in [-0.2, -0.15) is 0 Å². The Morgan fingerprint density at radius 1 is 1.37 bits per heavy atom. The summed E-state index contributed by atoms with van der Waals surface area (Å²) in [6, 6.07) is 6.53. The van der Waals surface area contributed by atoms with Crippen molar-refractivity contribution in [2.45, 2.75) is 38.8 Å². The van der Waals surface area contributed by atoms with Crippen molar-refractivity contribution < 1.29 is 14.2 Å². The number of benzene rings is 1. The van der Waals surface area contributed by atoms with E-state index < -0.39 is 6.10 Å². The summed E-state index contributed by atoms with van der Waals surface area (Å²) >= 11 is 0. The number of unbranched alkanes of at least 4 members (excludes halogenated alkanes) is 1. The molecule has 0 aliphatic rings. The molecular formula is C15H24FNO2. The maximum atomic E-state index is 13.5. The van der Waals surface area contributed by atoms with Crippen LogP contribution in [0.15, 0.2) is 24.3 Å². The first-order valence-electron chi connectivity index (χ1n) is 6.88. The maximum Gasteiger partial charge on any atom is 0.127 e. The number of halogens is 1. The molecule has 0 aromatic heterocycles. The topological polar surface area (TPSA) is 41.5 Å². The van der Waals surface area contributed by atoms with Crippen molar-refractivity contribution in [1.82, 2.24) is 5.32 Å². The Morgan fingerprint density at radius 2 is 2.11 bits per heavy atom. The highest BCUT2D eigenvalue weighted by Gasteiger charge is 2.11. The lowest BCUT2D eigenvalue weighted by molar-refractivity contribution is 0.0348. The predicted molar refractivity (Wildman–Crippen MR) is 74.6 cm³/mol. The maximum absolute atomic E-state index is 13.5. The zero-order chi connectivity index (χ0) is 14.1. The molecule has 3 nitrogen and oxygen atoms in total. The summed E-state index contributed by atoms with van der Waals surface area (Å²) in [7, 11) is 0. The van der Waals surface area contributed by atoms with E-state index in [1.807, 2.05) is 6.92 Å². The Labute approximate surface area is 114 Å². The van der Waals surface area contributed by atoms with Gasteiger partial charge in [0.1, 0.15) is 5.82 Å². The molecule has 0 spiro atoms. The van der Waals surface area contributed by atoms with Crippen LogP contribution in [0.2, 0.25) is 0 Å². The summed E-state index contributed by atoms with van der Waals surface area (Å²) in [5, 5.41) is 12.8. The van der Waals surface area contributed by atoms with Crippen LogP contribution in [0.3, 0.4) is 0 Å². The molecule has 0 saturated heterocycles. The highest BCUT2D eigenvalue weighted by molar-refractivity contribution is 5.20. The van der Waals surface area contributed by atoms with Crippen molar-refractivity contribution in [3.05, 3.63) is 35.6 Å². The Hall–Kier alpha value is -0.970. The third kappa shape index (κ3) is 6.14. The first kappa shape index (κ1) is 16.1. The van der Waals surface area contributed by atoms with Crippen molar-refractivity contribution >= 4 is 0 Å². The molecule has 19 heavy (non-hydrogen) atoms. The molecule has 4 heteroatoms. The van der Waals surface area contributed by atoms with E-state index in [0.717, 1.165) is 12.8 Å². The Bertz CT molecular complexity index is 360. The Kier molecular flexibility index (Phi) is 7.63. The van der Waals surface area contributed by atoms with Gasteiger partial charge in [-0.25, -0.2) is 4.39 Å². The van der Waals surface area contributed by atoms with Crippen molar-refractivity contribution in [1.29, 1.82) is 0 Å². The number of ether oxygens (including phenoxy) is 1. The molecule has 1 aromatic rings. The number of hydrogen-bond donors (Lipinski definition) is 2. The molecule has 0 heterocycles. The van der Waals surface area contributed by atoms with Crippen molar-refractivity contribution in [3.63, 3.8) is 0 Å². The Morgan fingerprint density at radius 3 is 2.79 bits per heavy atom. The van der Waals surface area contributed by atoms with Crippen LogP contribution < -0.4 is 5.32 Å². The van der Waals surface area contributed by atoms with Gasteiger partial charge in [-0.1, -0.05) is 31.5 Å². The fraction of sp³-hybridized carbons (Fsp3) is 0.600. The van der Waals surface area contributed by atoms with Gasteiger partial charge in [0.05, 0.1) is 12.7 Å². The minimum Gasteiger partial charge on any atom is -0.389 e. The second kappa shape index (κ2) is 9.02. The average molecular weight is 269 g/mol. The number of aliphatic hydroxyl groups is 1. The van der Waals surface area contributed by atoms with Crippen molar-refractivity contribution in [3.8, 4) is 0 Å². The van der Waals surface area contributed by atoms with Crippen LogP contribution in [0, 0.1) is 5.82 Å². The third-order valence-electron chi connectivity index (χ3n) is 2.98. The van der Waals surface area contributed by atoms with Crippen LogP contribution in [0.5, 0.6) is 0 Å². The number of rotatable bonds is 9. The molecule has 1 aromatic carbocycles. The summed E-state index contributed by atoms with van der Waals surface area (Å²) in [6.45, 7) is 5.36. The van der Waals surface area contributed by atoms with Crippen LogP contribution in [0.25, 0.3) is 0 Å². The molecule has 1 rings (SSSR count). The summed E-state index contributed by atoms with van der Waals surface area (Å²) in [6.07, 6.45) is 1.52. The Balaban J connectivity index is 2.26. The van der Waals surface area contributed by atoms with E-state index >= 15 is 0 Å². The van der Waals surface area contributed by atoms with Gasteiger partial charge in [0.25, 0.3) is 0 Å². The van der Waals surface area contributed by atoms with E-state index in [9.17, 15) is 9.50 Å². The monoisotopic (exact) mass is 269 g/mol. The fourth-order valence-corrected chi connectivity index (χ4v) is 1.77. The van der Waals surface area contributed by atoms with Gasteiger partial charge in [-0.3, -0.25) is 0 Å². The fourth-order valence-electron chi connectivity index (χ4n) is 1.77. The molecule has 2 N–H and O–H groups in total. The number of hydrogen-bond acceptors (Lipinski definition) is 3. The van der Waals surface area contributed by atoms with Crippen LogP contribution in [0.1, 0.15) is 38.3 Å². The molecule has 0 bridgehead atoms. The molecule has 0 amide bonds. The lowest BCUT2D eigenvalue weighted by Gasteiger charge is -2.18. The standard InChI is InChI=1S/C15H24FNO2/c1-3-4-9-19-11-13(18)10-17-12(2)14-7-5-6-8-15(14)16/h5-8,12-13,17-18H,3-4,9-11H2,1-2H3. The first-order chi connectivity index (χ1) is 9.15. The van der Waals surface area contributed by atoms with Gasteiger partial charge >= 0.3 is 0 Å². The summed E-state index contributed by atoms with van der Waals surface area (Å²) in [5.74, 6) is -0.226. The molecule has 0 saturated carbocycles. The largest absolute Gasteiger partial charge is 0.389 e. The minimum absolute atomic E-state index is 0.133. The summed E-state index contributed by atoms with van der Waals surface area (Å²) in [4.78, 5) is 0. The summed E-state index contributed by atoms with van der Waals surface area (Å²) in [5.41, 5.74) is 0.613. The van der Waals surface area contributed by atoms with Crippen LogP contribution in [0.4, 0.5) is 4.39 Å².